The number of hydrogen-bond acceptors (Lipinski definition) is 3. The number of aromatic nitrogens is 1. The summed E-state index contributed by atoms with van der Waals surface area (Å²) in [5, 5.41) is 1.02. The monoisotopic (exact) mass is 309 g/mol. The molecule has 0 amide bonds. The van der Waals surface area contributed by atoms with E-state index in [-0.39, 0.29) is 11.6 Å². The average Bonchev–Trinajstić information content (AvgIpc) is 2.54. The Morgan fingerprint density at radius 2 is 1.91 bits per heavy atom. The van der Waals surface area contributed by atoms with E-state index in [9.17, 15) is 4.39 Å². The van der Waals surface area contributed by atoms with Crippen molar-refractivity contribution in [2.75, 3.05) is 0 Å². The van der Waals surface area contributed by atoms with Crippen LogP contribution in [0.1, 0.15) is 31.1 Å². The summed E-state index contributed by atoms with van der Waals surface area (Å²) in [5.74, 6) is -1.04. The Labute approximate surface area is 133 Å². The molecule has 0 bridgehead atoms. The van der Waals surface area contributed by atoms with Crippen LogP contribution in [-0.4, -0.2) is 10.8 Å². The maximum atomic E-state index is 14.2. The highest BCUT2D eigenvalue weighted by atomic mass is 19.1. The SMILES string of the molecule is CC1(C)Oc2c(F)cccc2C(c2cnc3ccccc3c2)O1. The molecule has 0 fully saturated rings. The Kier molecular flexibility index (Phi) is 3.10. The third-order valence-electron chi connectivity index (χ3n) is 3.94. The Hall–Kier alpha value is -2.46. The molecule has 0 saturated heterocycles. The number of rotatable bonds is 1. The lowest BCUT2D eigenvalue weighted by atomic mass is 9.98. The molecule has 4 heteroatoms. The van der Waals surface area contributed by atoms with Crippen LogP contribution in [0.2, 0.25) is 0 Å². The Bertz CT molecular complexity index is 891. The van der Waals surface area contributed by atoms with Crippen LogP contribution in [0.3, 0.4) is 0 Å². The van der Waals surface area contributed by atoms with Gasteiger partial charge < -0.3 is 9.47 Å². The van der Waals surface area contributed by atoms with Gasteiger partial charge in [-0.1, -0.05) is 30.3 Å². The lowest BCUT2D eigenvalue weighted by Gasteiger charge is -2.38. The molecule has 1 unspecified atom stereocenters. The van der Waals surface area contributed by atoms with Crippen molar-refractivity contribution in [2.24, 2.45) is 0 Å². The highest BCUT2D eigenvalue weighted by Gasteiger charge is 2.37. The topological polar surface area (TPSA) is 31.4 Å². The first-order valence-corrected chi connectivity index (χ1v) is 7.53. The van der Waals surface area contributed by atoms with Gasteiger partial charge >= 0.3 is 0 Å². The molecule has 0 spiro atoms. The molecule has 0 aliphatic carbocycles. The van der Waals surface area contributed by atoms with E-state index in [2.05, 4.69) is 4.98 Å². The summed E-state index contributed by atoms with van der Waals surface area (Å²) in [6.07, 6.45) is 1.37. The molecule has 1 atom stereocenters. The third-order valence-corrected chi connectivity index (χ3v) is 3.94. The molecule has 23 heavy (non-hydrogen) atoms. The summed E-state index contributed by atoms with van der Waals surface area (Å²) in [5.41, 5.74) is 2.48. The van der Waals surface area contributed by atoms with E-state index in [4.69, 9.17) is 9.47 Å². The Balaban J connectivity index is 1.88. The van der Waals surface area contributed by atoms with Crippen molar-refractivity contribution in [3.63, 3.8) is 0 Å². The number of ether oxygens (including phenoxy) is 2. The van der Waals surface area contributed by atoms with Crippen molar-refractivity contribution in [2.45, 2.75) is 25.7 Å². The van der Waals surface area contributed by atoms with Gasteiger partial charge in [-0.2, -0.15) is 0 Å². The number of pyridine rings is 1. The van der Waals surface area contributed by atoms with E-state index in [0.717, 1.165) is 16.5 Å². The fraction of sp³-hybridized carbons (Fsp3) is 0.211. The zero-order valence-electron chi connectivity index (χ0n) is 12.9. The van der Waals surface area contributed by atoms with Gasteiger partial charge in [-0.25, -0.2) is 4.39 Å². The second-order valence-corrected chi connectivity index (χ2v) is 6.12. The second-order valence-electron chi connectivity index (χ2n) is 6.12. The van der Waals surface area contributed by atoms with Crippen LogP contribution in [0.5, 0.6) is 5.75 Å². The van der Waals surface area contributed by atoms with Gasteiger partial charge in [0.25, 0.3) is 0 Å². The predicted molar refractivity (Wildman–Crippen MR) is 85.8 cm³/mol. The highest BCUT2D eigenvalue weighted by molar-refractivity contribution is 5.79. The zero-order valence-corrected chi connectivity index (χ0v) is 12.9. The van der Waals surface area contributed by atoms with E-state index < -0.39 is 11.9 Å². The average molecular weight is 309 g/mol. The molecular formula is C19H16FNO2. The first-order chi connectivity index (χ1) is 11.0. The zero-order chi connectivity index (χ0) is 16.0. The predicted octanol–water partition coefficient (Wildman–Crippen LogP) is 4.61. The van der Waals surface area contributed by atoms with E-state index in [1.54, 1.807) is 26.1 Å². The van der Waals surface area contributed by atoms with E-state index in [0.29, 0.717) is 5.56 Å². The van der Waals surface area contributed by atoms with Gasteiger partial charge in [0.2, 0.25) is 5.79 Å². The summed E-state index contributed by atoms with van der Waals surface area (Å²) in [7, 11) is 0. The van der Waals surface area contributed by atoms with Gasteiger partial charge in [0, 0.05) is 36.6 Å². The number of hydrogen-bond donors (Lipinski definition) is 0. The molecule has 1 aromatic heterocycles. The van der Waals surface area contributed by atoms with Gasteiger partial charge in [-0.15, -0.1) is 0 Å². The summed E-state index contributed by atoms with van der Waals surface area (Å²) in [6, 6.07) is 14.8. The van der Waals surface area contributed by atoms with Crippen LogP contribution in [0.15, 0.2) is 54.7 Å². The Morgan fingerprint density at radius 1 is 1.09 bits per heavy atom. The van der Waals surface area contributed by atoms with Crippen LogP contribution in [0.4, 0.5) is 4.39 Å². The van der Waals surface area contributed by atoms with Gasteiger partial charge in [-0.3, -0.25) is 4.98 Å². The molecule has 0 N–H and O–H groups in total. The van der Waals surface area contributed by atoms with Gasteiger partial charge in [-0.05, 0) is 18.2 Å². The Morgan fingerprint density at radius 3 is 2.78 bits per heavy atom. The number of fused-ring (bicyclic) bond motifs is 2. The molecule has 2 heterocycles. The molecule has 1 aliphatic heterocycles. The number of para-hydroxylation sites is 2. The van der Waals surface area contributed by atoms with Crippen LogP contribution in [0.25, 0.3) is 10.9 Å². The molecule has 4 rings (SSSR count). The molecule has 2 aromatic carbocycles. The molecular weight excluding hydrogens is 293 g/mol. The minimum atomic E-state index is -0.911. The first-order valence-electron chi connectivity index (χ1n) is 7.53. The third kappa shape index (κ3) is 2.45. The van der Waals surface area contributed by atoms with Crippen molar-refractivity contribution in [1.29, 1.82) is 0 Å². The maximum absolute atomic E-state index is 14.2. The van der Waals surface area contributed by atoms with Crippen molar-refractivity contribution in [3.8, 4) is 5.75 Å². The normalized spacial score (nSPS) is 19.2. The summed E-state index contributed by atoms with van der Waals surface area (Å²) in [6.45, 7) is 3.56. The van der Waals surface area contributed by atoms with Crippen molar-refractivity contribution in [1.82, 2.24) is 4.98 Å². The molecule has 1 aliphatic rings. The standard InChI is InChI=1S/C19H16FNO2/c1-19(2)22-17(14-7-5-8-15(20)18(14)23-19)13-10-12-6-3-4-9-16(12)21-11-13/h3-11,17H,1-2H3. The van der Waals surface area contributed by atoms with Gasteiger partial charge in [0.15, 0.2) is 11.6 Å². The second kappa shape index (κ2) is 5.03. The fourth-order valence-corrected chi connectivity index (χ4v) is 2.94. The minimum Gasteiger partial charge on any atom is -0.459 e. The summed E-state index contributed by atoms with van der Waals surface area (Å²) >= 11 is 0. The molecule has 3 aromatic rings. The van der Waals surface area contributed by atoms with Crippen molar-refractivity contribution >= 4 is 10.9 Å². The van der Waals surface area contributed by atoms with Gasteiger partial charge in [0.05, 0.1) is 5.52 Å². The maximum Gasteiger partial charge on any atom is 0.206 e. The van der Waals surface area contributed by atoms with Crippen LogP contribution >= 0.6 is 0 Å². The first kappa shape index (κ1) is 14.2. The van der Waals surface area contributed by atoms with Crippen LogP contribution in [0, 0.1) is 5.82 Å². The molecule has 0 radical (unpaired) electrons. The quantitative estimate of drug-likeness (QED) is 0.658. The molecule has 116 valence electrons. The van der Waals surface area contributed by atoms with Crippen molar-refractivity contribution < 1.29 is 13.9 Å². The summed E-state index contributed by atoms with van der Waals surface area (Å²) < 4.78 is 25.9. The van der Waals surface area contributed by atoms with E-state index in [1.807, 2.05) is 36.4 Å². The number of nitrogens with zero attached hydrogens (tertiary/aromatic N) is 1. The fourth-order valence-electron chi connectivity index (χ4n) is 2.94. The largest absolute Gasteiger partial charge is 0.459 e. The number of halogens is 1. The van der Waals surface area contributed by atoms with E-state index in [1.165, 1.54) is 6.07 Å². The van der Waals surface area contributed by atoms with Gasteiger partial charge in [0.1, 0.15) is 6.10 Å². The number of benzene rings is 2. The lowest BCUT2D eigenvalue weighted by molar-refractivity contribution is -0.197. The lowest BCUT2D eigenvalue weighted by Crippen LogP contribution is -2.38. The molecule has 0 saturated carbocycles. The minimum absolute atomic E-state index is 0.252. The van der Waals surface area contributed by atoms with E-state index >= 15 is 0 Å². The molecule has 3 nitrogen and oxygen atoms in total. The van der Waals surface area contributed by atoms with Crippen molar-refractivity contribution in [3.05, 3.63) is 71.7 Å². The smallest absolute Gasteiger partial charge is 0.206 e. The summed E-state index contributed by atoms with van der Waals surface area (Å²) in [4.78, 5) is 4.48. The van der Waals surface area contributed by atoms with Crippen LogP contribution in [-0.2, 0) is 4.74 Å². The van der Waals surface area contributed by atoms with Crippen LogP contribution < -0.4 is 4.74 Å². The highest BCUT2D eigenvalue weighted by Crippen LogP contribution is 2.43.